The van der Waals surface area contributed by atoms with Crippen molar-refractivity contribution in [2.24, 2.45) is 5.92 Å². The predicted octanol–water partition coefficient (Wildman–Crippen LogP) is 4.92. The number of hydrogen-bond acceptors (Lipinski definition) is 4. The Morgan fingerprint density at radius 2 is 2.04 bits per heavy atom. The van der Waals surface area contributed by atoms with Crippen molar-refractivity contribution in [3.63, 3.8) is 0 Å². The lowest BCUT2D eigenvalue weighted by Crippen LogP contribution is -2.33. The summed E-state index contributed by atoms with van der Waals surface area (Å²) in [7, 11) is 1.62. The Morgan fingerprint density at radius 1 is 1.25 bits per heavy atom. The first-order valence-electron chi connectivity index (χ1n) is 9.42. The van der Waals surface area contributed by atoms with Crippen molar-refractivity contribution in [2.45, 2.75) is 26.0 Å². The highest BCUT2D eigenvalue weighted by Gasteiger charge is 2.17. The molecule has 0 bridgehead atoms. The molecule has 1 fully saturated rings. The van der Waals surface area contributed by atoms with Crippen molar-refractivity contribution in [3.05, 3.63) is 56.8 Å². The molecule has 0 atom stereocenters. The van der Waals surface area contributed by atoms with Crippen LogP contribution < -0.4 is 20.1 Å². The van der Waals surface area contributed by atoms with Crippen LogP contribution in [0.1, 0.15) is 24.0 Å². The molecule has 2 N–H and O–H groups in total. The number of piperidine rings is 1. The van der Waals surface area contributed by atoms with Crippen molar-refractivity contribution in [1.29, 1.82) is 0 Å². The molecule has 0 radical (unpaired) electrons. The molecule has 0 spiro atoms. The molecular formula is C21H25BrClFN2O2. The largest absolute Gasteiger partial charge is 0.493 e. The summed E-state index contributed by atoms with van der Waals surface area (Å²) < 4.78 is 25.8. The molecule has 1 aliphatic rings. The molecule has 3 rings (SSSR count). The third-order valence-corrected chi connectivity index (χ3v) is 6.06. The Kier molecular flexibility index (Phi) is 7.97. The Labute approximate surface area is 178 Å². The van der Waals surface area contributed by atoms with Gasteiger partial charge in [0.1, 0.15) is 12.4 Å². The smallest absolute Gasteiger partial charge is 0.167 e. The summed E-state index contributed by atoms with van der Waals surface area (Å²) in [5, 5.41) is 7.29. The van der Waals surface area contributed by atoms with Gasteiger partial charge in [-0.3, -0.25) is 0 Å². The predicted molar refractivity (Wildman–Crippen MR) is 114 cm³/mol. The third-order valence-electron chi connectivity index (χ3n) is 4.97. The SMILES string of the molecule is COc1ccc(Br)c(CNCC2CCNCC2)c1OCc1ccc(F)cc1Cl. The van der Waals surface area contributed by atoms with Gasteiger partial charge in [-0.2, -0.15) is 0 Å². The average Bonchev–Trinajstić information content (AvgIpc) is 2.70. The first kappa shape index (κ1) is 21.4. The lowest BCUT2D eigenvalue weighted by Gasteiger charge is -2.23. The lowest BCUT2D eigenvalue weighted by molar-refractivity contribution is 0.279. The van der Waals surface area contributed by atoms with Crippen LogP contribution in [-0.4, -0.2) is 26.7 Å². The number of hydrogen-bond donors (Lipinski definition) is 2. The van der Waals surface area contributed by atoms with Gasteiger partial charge in [0.05, 0.1) is 12.1 Å². The van der Waals surface area contributed by atoms with Gasteiger partial charge in [-0.05, 0) is 62.7 Å². The standard InChI is InChI=1S/C21H25BrClFN2O2/c1-27-20-5-4-18(22)17(12-26-11-14-6-8-25-9-7-14)21(20)28-13-15-2-3-16(24)10-19(15)23/h2-5,10,14,25-26H,6-9,11-13H2,1H3. The summed E-state index contributed by atoms with van der Waals surface area (Å²) in [6.45, 7) is 4.03. The Bertz CT molecular complexity index is 800. The zero-order valence-corrected chi connectivity index (χ0v) is 18.2. The summed E-state index contributed by atoms with van der Waals surface area (Å²) >= 11 is 9.76. The second-order valence-electron chi connectivity index (χ2n) is 6.91. The van der Waals surface area contributed by atoms with Crippen LogP contribution in [0.25, 0.3) is 0 Å². The fourth-order valence-electron chi connectivity index (χ4n) is 3.34. The number of halogens is 3. The van der Waals surface area contributed by atoms with Crippen LogP contribution in [0, 0.1) is 11.7 Å². The van der Waals surface area contributed by atoms with E-state index >= 15 is 0 Å². The van der Waals surface area contributed by atoms with Crippen LogP contribution in [0.4, 0.5) is 4.39 Å². The lowest BCUT2D eigenvalue weighted by atomic mass is 9.98. The Balaban J connectivity index is 1.71. The highest BCUT2D eigenvalue weighted by Crippen LogP contribution is 2.37. The molecule has 2 aromatic rings. The van der Waals surface area contributed by atoms with E-state index in [0.29, 0.717) is 29.0 Å². The van der Waals surface area contributed by atoms with E-state index in [1.165, 1.54) is 25.0 Å². The molecule has 7 heteroatoms. The molecule has 0 aromatic heterocycles. The maximum Gasteiger partial charge on any atom is 0.167 e. The van der Waals surface area contributed by atoms with Gasteiger partial charge in [-0.25, -0.2) is 4.39 Å². The molecule has 152 valence electrons. The van der Waals surface area contributed by atoms with Crippen molar-refractivity contribution < 1.29 is 13.9 Å². The van der Waals surface area contributed by atoms with E-state index in [-0.39, 0.29) is 12.4 Å². The first-order chi connectivity index (χ1) is 13.6. The second-order valence-corrected chi connectivity index (χ2v) is 8.17. The maximum atomic E-state index is 13.3. The normalized spacial score (nSPS) is 14.9. The summed E-state index contributed by atoms with van der Waals surface area (Å²) in [4.78, 5) is 0. The summed E-state index contributed by atoms with van der Waals surface area (Å²) in [5.41, 5.74) is 1.71. The minimum absolute atomic E-state index is 0.229. The van der Waals surface area contributed by atoms with Crippen LogP contribution in [0.2, 0.25) is 5.02 Å². The van der Waals surface area contributed by atoms with Gasteiger partial charge in [0.15, 0.2) is 11.5 Å². The molecule has 0 unspecified atom stereocenters. The molecule has 1 saturated heterocycles. The van der Waals surface area contributed by atoms with Crippen molar-refractivity contribution in [2.75, 3.05) is 26.7 Å². The molecular weight excluding hydrogens is 447 g/mol. The minimum Gasteiger partial charge on any atom is -0.493 e. The fourth-order valence-corrected chi connectivity index (χ4v) is 4.02. The quantitative estimate of drug-likeness (QED) is 0.574. The molecule has 0 saturated carbocycles. The molecule has 0 amide bonds. The maximum absolute atomic E-state index is 13.3. The third kappa shape index (κ3) is 5.60. The van der Waals surface area contributed by atoms with Crippen LogP contribution in [0.15, 0.2) is 34.8 Å². The van der Waals surface area contributed by atoms with Crippen LogP contribution in [0.3, 0.4) is 0 Å². The molecule has 1 heterocycles. The van der Waals surface area contributed by atoms with Gasteiger partial charge in [0.2, 0.25) is 0 Å². The van der Waals surface area contributed by atoms with E-state index in [1.54, 1.807) is 13.2 Å². The van der Waals surface area contributed by atoms with Gasteiger partial charge in [0.25, 0.3) is 0 Å². The molecule has 1 aliphatic heterocycles. The second kappa shape index (κ2) is 10.4. The van der Waals surface area contributed by atoms with E-state index in [4.69, 9.17) is 21.1 Å². The average molecular weight is 472 g/mol. The van der Waals surface area contributed by atoms with Gasteiger partial charge >= 0.3 is 0 Å². The molecule has 28 heavy (non-hydrogen) atoms. The van der Waals surface area contributed by atoms with Crippen LogP contribution in [-0.2, 0) is 13.2 Å². The number of ether oxygens (including phenoxy) is 2. The van der Waals surface area contributed by atoms with E-state index < -0.39 is 0 Å². The van der Waals surface area contributed by atoms with Crippen LogP contribution >= 0.6 is 27.5 Å². The first-order valence-corrected chi connectivity index (χ1v) is 10.6. The molecule has 2 aromatic carbocycles. The van der Waals surface area contributed by atoms with Crippen molar-refractivity contribution >= 4 is 27.5 Å². The van der Waals surface area contributed by atoms with Gasteiger partial charge in [0, 0.05) is 22.1 Å². The van der Waals surface area contributed by atoms with Gasteiger partial charge in [-0.15, -0.1) is 0 Å². The summed E-state index contributed by atoms with van der Waals surface area (Å²) in [5.74, 6) is 1.64. The minimum atomic E-state index is -0.364. The van der Waals surface area contributed by atoms with E-state index in [0.717, 1.165) is 35.2 Å². The van der Waals surface area contributed by atoms with E-state index in [1.807, 2.05) is 12.1 Å². The Morgan fingerprint density at radius 3 is 2.75 bits per heavy atom. The Hall–Kier alpha value is -1.34. The number of methoxy groups -OCH3 is 1. The highest BCUT2D eigenvalue weighted by atomic mass is 79.9. The van der Waals surface area contributed by atoms with Crippen molar-refractivity contribution in [1.82, 2.24) is 10.6 Å². The zero-order chi connectivity index (χ0) is 19.9. The van der Waals surface area contributed by atoms with Gasteiger partial charge < -0.3 is 20.1 Å². The summed E-state index contributed by atoms with van der Waals surface area (Å²) in [6.07, 6.45) is 2.39. The topological polar surface area (TPSA) is 42.5 Å². The number of nitrogens with one attached hydrogen (secondary N) is 2. The molecule has 0 aliphatic carbocycles. The number of benzene rings is 2. The highest BCUT2D eigenvalue weighted by molar-refractivity contribution is 9.10. The van der Waals surface area contributed by atoms with E-state index in [9.17, 15) is 4.39 Å². The van der Waals surface area contributed by atoms with Crippen LogP contribution in [0.5, 0.6) is 11.5 Å². The summed E-state index contributed by atoms with van der Waals surface area (Å²) in [6, 6.07) is 8.13. The number of rotatable bonds is 8. The fraction of sp³-hybridized carbons (Fsp3) is 0.429. The zero-order valence-electron chi connectivity index (χ0n) is 15.9. The molecule has 4 nitrogen and oxygen atoms in total. The van der Waals surface area contributed by atoms with E-state index in [2.05, 4.69) is 26.6 Å². The van der Waals surface area contributed by atoms with Crippen molar-refractivity contribution in [3.8, 4) is 11.5 Å². The monoisotopic (exact) mass is 470 g/mol. The van der Waals surface area contributed by atoms with Gasteiger partial charge in [-0.1, -0.05) is 33.6 Å².